The van der Waals surface area contributed by atoms with Crippen LogP contribution >= 0.6 is 0 Å². The Bertz CT molecular complexity index is 1320. The van der Waals surface area contributed by atoms with E-state index in [1.54, 1.807) is 66.7 Å². The Morgan fingerprint density at radius 3 is 2.11 bits per heavy atom. The van der Waals surface area contributed by atoms with E-state index < -0.39 is 10.0 Å². The van der Waals surface area contributed by atoms with E-state index in [4.69, 9.17) is 4.74 Å². The normalized spacial score (nSPS) is 14.7. The van der Waals surface area contributed by atoms with Gasteiger partial charge in [-0.1, -0.05) is 43.7 Å². The molecule has 1 amide bonds. The van der Waals surface area contributed by atoms with Gasteiger partial charge >= 0.3 is 5.97 Å². The van der Waals surface area contributed by atoms with Crippen molar-refractivity contribution in [2.75, 3.05) is 38.1 Å². The summed E-state index contributed by atoms with van der Waals surface area (Å²) < 4.78 is 32.4. The molecule has 200 valence electrons. The van der Waals surface area contributed by atoms with Gasteiger partial charge in [0, 0.05) is 44.0 Å². The summed E-state index contributed by atoms with van der Waals surface area (Å²) in [5.41, 5.74) is 2.61. The SMILES string of the molecule is CCCCOC(=O)c1ccc(NC(=O)c2ccc(CN3CCN(S(=O)(=O)c4ccccc4)CC3)cc2)cc1. The highest BCUT2D eigenvalue weighted by Crippen LogP contribution is 2.19. The lowest BCUT2D eigenvalue weighted by atomic mass is 10.1. The van der Waals surface area contributed by atoms with Crippen LogP contribution in [0.15, 0.2) is 83.8 Å². The summed E-state index contributed by atoms with van der Waals surface area (Å²) in [6, 6.07) is 22.5. The van der Waals surface area contributed by atoms with E-state index in [-0.39, 0.29) is 11.9 Å². The number of rotatable bonds is 10. The van der Waals surface area contributed by atoms with Crippen molar-refractivity contribution >= 4 is 27.6 Å². The van der Waals surface area contributed by atoms with Crippen LogP contribution in [0.1, 0.15) is 46.0 Å². The molecule has 0 aromatic heterocycles. The zero-order valence-corrected chi connectivity index (χ0v) is 22.3. The quantitative estimate of drug-likeness (QED) is 0.305. The van der Waals surface area contributed by atoms with Crippen LogP contribution in [-0.2, 0) is 21.3 Å². The number of sulfonamides is 1. The summed E-state index contributed by atoms with van der Waals surface area (Å²) in [6.07, 6.45) is 1.78. The maximum Gasteiger partial charge on any atom is 0.338 e. The average Bonchev–Trinajstić information content (AvgIpc) is 2.94. The molecular formula is C29H33N3O5S. The molecule has 9 heteroatoms. The third-order valence-electron chi connectivity index (χ3n) is 6.44. The molecule has 1 heterocycles. The van der Waals surface area contributed by atoms with Gasteiger partial charge in [-0.25, -0.2) is 13.2 Å². The van der Waals surface area contributed by atoms with Crippen molar-refractivity contribution in [1.82, 2.24) is 9.21 Å². The van der Waals surface area contributed by atoms with Crippen LogP contribution in [0.5, 0.6) is 0 Å². The third kappa shape index (κ3) is 7.06. The van der Waals surface area contributed by atoms with Crippen molar-refractivity contribution in [1.29, 1.82) is 0 Å². The first-order valence-corrected chi connectivity index (χ1v) is 14.3. The van der Waals surface area contributed by atoms with E-state index in [1.165, 1.54) is 4.31 Å². The second-order valence-electron chi connectivity index (χ2n) is 9.21. The lowest BCUT2D eigenvalue weighted by Gasteiger charge is -2.34. The van der Waals surface area contributed by atoms with Crippen molar-refractivity contribution < 1.29 is 22.7 Å². The number of unbranched alkanes of at least 4 members (excludes halogenated alkanes) is 1. The zero-order chi connectivity index (χ0) is 27.0. The lowest BCUT2D eigenvalue weighted by Crippen LogP contribution is -2.48. The van der Waals surface area contributed by atoms with Gasteiger partial charge in [-0.15, -0.1) is 0 Å². The van der Waals surface area contributed by atoms with Gasteiger partial charge in [0.25, 0.3) is 5.91 Å². The Hall–Kier alpha value is -3.53. The molecule has 0 aliphatic carbocycles. The molecule has 1 N–H and O–H groups in total. The predicted molar refractivity (Wildman–Crippen MR) is 147 cm³/mol. The Morgan fingerprint density at radius 2 is 1.47 bits per heavy atom. The molecule has 3 aromatic carbocycles. The number of esters is 1. The molecule has 38 heavy (non-hydrogen) atoms. The summed E-state index contributed by atoms with van der Waals surface area (Å²) >= 11 is 0. The minimum atomic E-state index is -3.47. The van der Waals surface area contributed by atoms with Gasteiger partial charge in [0.15, 0.2) is 0 Å². The Kier molecular flexibility index (Phi) is 9.28. The maximum absolute atomic E-state index is 12.8. The number of carbonyl (C=O) groups excluding carboxylic acids is 2. The van der Waals surface area contributed by atoms with Gasteiger partial charge in [0.2, 0.25) is 10.0 Å². The largest absolute Gasteiger partial charge is 0.462 e. The molecule has 0 unspecified atom stereocenters. The minimum absolute atomic E-state index is 0.241. The summed E-state index contributed by atoms with van der Waals surface area (Å²) in [5, 5.41) is 2.85. The van der Waals surface area contributed by atoms with Crippen molar-refractivity contribution in [3.63, 3.8) is 0 Å². The van der Waals surface area contributed by atoms with Crippen molar-refractivity contribution in [2.24, 2.45) is 0 Å². The van der Waals surface area contributed by atoms with Crippen LogP contribution in [0, 0.1) is 0 Å². The summed E-state index contributed by atoms with van der Waals surface area (Å²) in [4.78, 5) is 27.2. The monoisotopic (exact) mass is 535 g/mol. The molecule has 1 aliphatic heterocycles. The fourth-order valence-corrected chi connectivity index (χ4v) is 5.62. The molecule has 1 fully saturated rings. The number of anilines is 1. The fraction of sp³-hybridized carbons (Fsp3) is 0.310. The molecule has 0 atom stereocenters. The zero-order valence-electron chi connectivity index (χ0n) is 21.5. The highest BCUT2D eigenvalue weighted by Gasteiger charge is 2.28. The highest BCUT2D eigenvalue weighted by atomic mass is 32.2. The van der Waals surface area contributed by atoms with E-state index in [0.29, 0.717) is 61.0 Å². The van der Waals surface area contributed by atoms with Crippen LogP contribution < -0.4 is 5.32 Å². The van der Waals surface area contributed by atoms with E-state index in [9.17, 15) is 18.0 Å². The number of nitrogens with zero attached hydrogens (tertiary/aromatic N) is 2. The van der Waals surface area contributed by atoms with E-state index in [2.05, 4.69) is 10.2 Å². The Balaban J connectivity index is 1.26. The average molecular weight is 536 g/mol. The van der Waals surface area contributed by atoms with Crippen LogP contribution in [0.2, 0.25) is 0 Å². The van der Waals surface area contributed by atoms with Crippen molar-refractivity contribution in [3.05, 3.63) is 95.6 Å². The van der Waals surface area contributed by atoms with Gasteiger partial charge in [0.1, 0.15) is 0 Å². The fourth-order valence-electron chi connectivity index (χ4n) is 4.17. The first-order valence-electron chi connectivity index (χ1n) is 12.8. The molecule has 4 rings (SSSR count). The van der Waals surface area contributed by atoms with Gasteiger partial charge in [0.05, 0.1) is 17.1 Å². The molecule has 1 saturated heterocycles. The van der Waals surface area contributed by atoms with Crippen LogP contribution in [0.4, 0.5) is 5.69 Å². The first kappa shape index (κ1) is 27.5. The number of carbonyl (C=O) groups is 2. The van der Waals surface area contributed by atoms with E-state index >= 15 is 0 Å². The molecule has 0 saturated carbocycles. The number of benzene rings is 3. The molecule has 0 spiro atoms. The van der Waals surface area contributed by atoms with Crippen LogP contribution in [-0.4, -0.2) is 62.3 Å². The van der Waals surface area contributed by atoms with Crippen LogP contribution in [0.3, 0.4) is 0 Å². The minimum Gasteiger partial charge on any atom is -0.462 e. The van der Waals surface area contributed by atoms with E-state index in [0.717, 1.165) is 18.4 Å². The first-order chi connectivity index (χ1) is 18.4. The second-order valence-corrected chi connectivity index (χ2v) is 11.1. The summed E-state index contributed by atoms with van der Waals surface area (Å²) in [5.74, 6) is -0.610. The third-order valence-corrected chi connectivity index (χ3v) is 8.36. The number of ether oxygens (including phenoxy) is 1. The number of nitrogens with one attached hydrogen (secondary N) is 1. The smallest absolute Gasteiger partial charge is 0.338 e. The Labute approximate surface area is 224 Å². The lowest BCUT2D eigenvalue weighted by molar-refractivity contribution is 0.0499. The van der Waals surface area contributed by atoms with Crippen molar-refractivity contribution in [3.8, 4) is 0 Å². The summed E-state index contributed by atoms with van der Waals surface area (Å²) in [6.45, 7) is 5.25. The molecule has 8 nitrogen and oxygen atoms in total. The van der Waals surface area contributed by atoms with Gasteiger partial charge in [-0.3, -0.25) is 9.69 Å². The maximum atomic E-state index is 12.8. The molecule has 1 aliphatic rings. The van der Waals surface area contributed by atoms with Gasteiger partial charge in [-0.05, 0) is 60.5 Å². The van der Waals surface area contributed by atoms with Gasteiger partial charge in [-0.2, -0.15) is 4.31 Å². The van der Waals surface area contributed by atoms with E-state index in [1.807, 2.05) is 19.1 Å². The Morgan fingerprint density at radius 1 is 0.842 bits per heavy atom. The standard InChI is InChI=1S/C29H33N3O5S/c1-2-3-21-37-29(34)25-13-15-26(16-14-25)30-28(33)24-11-9-23(10-12-24)22-31-17-19-32(20-18-31)38(35,36)27-7-5-4-6-8-27/h4-16H,2-3,17-22H2,1H3,(H,30,33). The van der Waals surface area contributed by atoms with Crippen LogP contribution in [0.25, 0.3) is 0 Å². The van der Waals surface area contributed by atoms with Crippen molar-refractivity contribution in [2.45, 2.75) is 31.2 Å². The summed E-state index contributed by atoms with van der Waals surface area (Å²) in [7, 11) is -3.47. The number of piperazine rings is 1. The second kappa shape index (κ2) is 12.8. The number of hydrogen-bond donors (Lipinski definition) is 1. The molecular weight excluding hydrogens is 502 g/mol. The van der Waals surface area contributed by atoms with Gasteiger partial charge < -0.3 is 10.1 Å². The highest BCUT2D eigenvalue weighted by molar-refractivity contribution is 7.89. The molecule has 3 aromatic rings. The topological polar surface area (TPSA) is 96.0 Å². The number of amides is 1. The molecule has 0 radical (unpaired) electrons. The number of hydrogen-bond acceptors (Lipinski definition) is 6. The molecule has 0 bridgehead atoms. The predicted octanol–water partition coefficient (Wildman–Crippen LogP) is 4.40.